The van der Waals surface area contributed by atoms with Gasteiger partial charge in [-0.15, -0.1) is 21.5 Å². The van der Waals surface area contributed by atoms with Crippen molar-refractivity contribution in [2.75, 3.05) is 5.32 Å². The van der Waals surface area contributed by atoms with Gasteiger partial charge in [0.2, 0.25) is 5.91 Å². The number of carbonyl (C=O) groups excluding carboxylic acids is 1. The average Bonchev–Trinajstić information content (AvgIpc) is 3.29. The highest BCUT2D eigenvalue weighted by molar-refractivity contribution is 8.00. The molecule has 3 aromatic rings. The minimum Gasteiger partial charge on any atom is -0.484 e. The van der Waals surface area contributed by atoms with Crippen LogP contribution in [0.5, 0.6) is 5.75 Å². The Kier molecular flexibility index (Phi) is 7.35. The Bertz CT molecular complexity index is 1140. The number of carbonyl (C=O) groups is 1. The number of ether oxygens (including phenoxy) is 1. The molecule has 1 atom stereocenters. The molecule has 7 nitrogen and oxygen atoms in total. The highest BCUT2D eigenvalue weighted by Gasteiger charge is 2.24. The van der Waals surface area contributed by atoms with Gasteiger partial charge in [0.15, 0.2) is 6.61 Å². The molecule has 1 aliphatic carbocycles. The molecule has 1 aliphatic rings. The van der Waals surface area contributed by atoms with Crippen LogP contribution in [0, 0.1) is 11.3 Å². The van der Waals surface area contributed by atoms with E-state index in [0.29, 0.717) is 27.2 Å². The molecule has 1 amide bonds. The maximum atomic E-state index is 12.8. The SMILES string of the molecule is C[C@@H](Sc1nnc(COc2ccc(Cl)cc2)o1)C(=O)Nc1sc2c(c1C#N)CCCCC2. The van der Waals surface area contributed by atoms with Crippen LogP contribution in [0.2, 0.25) is 5.02 Å². The molecule has 0 spiro atoms. The first kappa shape index (κ1) is 22.6. The summed E-state index contributed by atoms with van der Waals surface area (Å²) in [7, 11) is 0. The van der Waals surface area contributed by atoms with Gasteiger partial charge < -0.3 is 14.5 Å². The van der Waals surface area contributed by atoms with E-state index in [9.17, 15) is 10.1 Å². The third-order valence-electron chi connectivity index (χ3n) is 5.04. The Morgan fingerprint density at radius 3 is 2.88 bits per heavy atom. The average molecular weight is 489 g/mol. The molecule has 0 saturated carbocycles. The quantitative estimate of drug-likeness (QED) is 0.340. The number of hydrogen-bond donors (Lipinski definition) is 1. The van der Waals surface area contributed by atoms with Crippen molar-refractivity contribution < 1.29 is 13.9 Å². The monoisotopic (exact) mass is 488 g/mol. The number of aryl methyl sites for hydroxylation is 1. The number of benzene rings is 1. The summed E-state index contributed by atoms with van der Waals surface area (Å²) in [5, 5.41) is 21.6. The Morgan fingerprint density at radius 2 is 2.09 bits per heavy atom. The number of halogens is 1. The third kappa shape index (κ3) is 5.44. The van der Waals surface area contributed by atoms with Crippen LogP contribution in [0.15, 0.2) is 33.9 Å². The predicted molar refractivity (Wildman–Crippen MR) is 124 cm³/mol. The number of nitrogens with one attached hydrogen (secondary N) is 1. The highest BCUT2D eigenvalue weighted by Crippen LogP contribution is 2.37. The summed E-state index contributed by atoms with van der Waals surface area (Å²) in [6.45, 7) is 1.88. The van der Waals surface area contributed by atoms with Crippen molar-refractivity contribution in [1.82, 2.24) is 10.2 Å². The van der Waals surface area contributed by atoms with Crippen molar-refractivity contribution >= 4 is 45.6 Å². The second-order valence-electron chi connectivity index (χ2n) is 7.33. The smallest absolute Gasteiger partial charge is 0.277 e. The number of thioether (sulfide) groups is 1. The molecular formula is C22H21ClN4O3S2. The summed E-state index contributed by atoms with van der Waals surface area (Å²) >= 11 is 8.54. The first-order valence-electron chi connectivity index (χ1n) is 10.3. The van der Waals surface area contributed by atoms with Crippen LogP contribution in [0.3, 0.4) is 0 Å². The van der Waals surface area contributed by atoms with E-state index < -0.39 is 5.25 Å². The van der Waals surface area contributed by atoms with Crippen molar-refractivity contribution in [1.29, 1.82) is 5.26 Å². The molecule has 0 aliphatic heterocycles. The van der Waals surface area contributed by atoms with Crippen LogP contribution >= 0.6 is 34.7 Å². The number of fused-ring (bicyclic) bond motifs is 1. The lowest BCUT2D eigenvalue weighted by Gasteiger charge is -2.09. The molecule has 10 heteroatoms. The summed E-state index contributed by atoms with van der Waals surface area (Å²) in [6.07, 6.45) is 5.26. The summed E-state index contributed by atoms with van der Waals surface area (Å²) < 4.78 is 11.2. The molecule has 32 heavy (non-hydrogen) atoms. The molecule has 2 aromatic heterocycles. The molecule has 4 rings (SSSR count). The minimum atomic E-state index is -0.478. The third-order valence-corrected chi connectivity index (χ3v) is 7.43. The second kappa shape index (κ2) is 10.4. The van der Waals surface area contributed by atoms with E-state index in [1.54, 1.807) is 31.2 Å². The normalized spacial score (nSPS) is 14.2. The fourth-order valence-corrected chi connectivity index (χ4v) is 5.46. The zero-order valence-electron chi connectivity index (χ0n) is 17.4. The van der Waals surface area contributed by atoms with E-state index in [1.807, 2.05) is 0 Å². The molecule has 1 N–H and O–H groups in total. The molecule has 0 unspecified atom stereocenters. The predicted octanol–water partition coefficient (Wildman–Crippen LogP) is 5.62. The van der Waals surface area contributed by atoms with Gasteiger partial charge in [-0.25, -0.2) is 0 Å². The first-order chi connectivity index (χ1) is 15.5. The molecule has 166 valence electrons. The number of amides is 1. The van der Waals surface area contributed by atoms with Gasteiger partial charge in [0.05, 0.1) is 10.8 Å². The van der Waals surface area contributed by atoms with Crippen LogP contribution in [-0.4, -0.2) is 21.4 Å². The molecule has 0 bridgehead atoms. The Hall–Kier alpha value is -2.54. The second-order valence-corrected chi connectivity index (χ2v) is 10.2. The Labute approximate surface area is 199 Å². The van der Waals surface area contributed by atoms with E-state index >= 15 is 0 Å². The van der Waals surface area contributed by atoms with Gasteiger partial charge >= 0.3 is 0 Å². The largest absolute Gasteiger partial charge is 0.484 e. The molecule has 1 aromatic carbocycles. The van der Waals surface area contributed by atoms with Gasteiger partial charge in [-0.05, 0) is 62.4 Å². The maximum absolute atomic E-state index is 12.8. The minimum absolute atomic E-state index is 0.113. The van der Waals surface area contributed by atoms with Crippen LogP contribution in [0.4, 0.5) is 5.00 Å². The maximum Gasteiger partial charge on any atom is 0.277 e. The van der Waals surface area contributed by atoms with Crippen molar-refractivity contribution in [3.8, 4) is 11.8 Å². The van der Waals surface area contributed by atoms with Crippen molar-refractivity contribution in [3.05, 3.63) is 51.2 Å². The summed E-state index contributed by atoms with van der Waals surface area (Å²) in [4.78, 5) is 14.0. The van der Waals surface area contributed by atoms with Crippen LogP contribution < -0.4 is 10.1 Å². The zero-order chi connectivity index (χ0) is 22.5. The van der Waals surface area contributed by atoms with Gasteiger partial charge in [0, 0.05) is 9.90 Å². The van der Waals surface area contributed by atoms with Crippen molar-refractivity contribution in [2.45, 2.75) is 56.1 Å². The number of nitriles is 1. The van der Waals surface area contributed by atoms with Gasteiger partial charge in [-0.3, -0.25) is 4.79 Å². The summed E-state index contributed by atoms with van der Waals surface area (Å²) in [5.74, 6) is 0.737. The van der Waals surface area contributed by atoms with Crippen LogP contribution in [0.25, 0.3) is 0 Å². The summed E-state index contributed by atoms with van der Waals surface area (Å²) in [6, 6.07) is 9.25. The number of rotatable bonds is 7. The van der Waals surface area contributed by atoms with Crippen molar-refractivity contribution in [2.24, 2.45) is 0 Å². The lowest BCUT2D eigenvalue weighted by molar-refractivity contribution is -0.115. The zero-order valence-corrected chi connectivity index (χ0v) is 19.8. The topological polar surface area (TPSA) is 101 Å². The fraction of sp³-hybridized carbons (Fsp3) is 0.364. The fourth-order valence-electron chi connectivity index (χ4n) is 3.39. The molecule has 0 saturated heterocycles. The number of thiophene rings is 1. The molecule has 0 radical (unpaired) electrons. The van der Waals surface area contributed by atoms with Crippen molar-refractivity contribution in [3.63, 3.8) is 0 Å². The molecule has 2 heterocycles. The van der Waals surface area contributed by atoms with E-state index in [1.165, 1.54) is 22.6 Å². The van der Waals surface area contributed by atoms with Gasteiger partial charge in [0.25, 0.3) is 11.1 Å². The first-order valence-corrected chi connectivity index (χ1v) is 12.3. The number of aromatic nitrogens is 2. The molecule has 0 fully saturated rings. The van der Waals surface area contributed by atoms with E-state index in [-0.39, 0.29) is 17.7 Å². The van der Waals surface area contributed by atoms with E-state index in [0.717, 1.165) is 43.0 Å². The molecular weight excluding hydrogens is 468 g/mol. The Morgan fingerprint density at radius 1 is 1.31 bits per heavy atom. The Balaban J connectivity index is 1.34. The lowest BCUT2D eigenvalue weighted by Crippen LogP contribution is -2.22. The number of anilines is 1. The van der Waals surface area contributed by atoms with Gasteiger partial charge in [-0.1, -0.05) is 29.8 Å². The van der Waals surface area contributed by atoms with Crippen LogP contribution in [-0.2, 0) is 24.2 Å². The van der Waals surface area contributed by atoms with Gasteiger partial charge in [0.1, 0.15) is 16.8 Å². The number of hydrogen-bond acceptors (Lipinski definition) is 8. The lowest BCUT2D eigenvalue weighted by atomic mass is 10.1. The van der Waals surface area contributed by atoms with E-state index in [2.05, 4.69) is 21.6 Å². The summed E-state index contributed by atoms with van der Waals surface area (Å²) in [5.41, 5.74) is 1.71. The highest BCUT2D eigenvalue weighted by atomic mass is 35.5. The van der Waals surface area contributed by atoms with Crippen LogP contribution in [0.1, 0.15) is 48.1 Å². The van der Waals surface area contributed by atoms with Gasteiger partial charge in [-0.2, -0.15) is 5.26 Å². The number of nitrogens with zero attached hydrogens (tertiary/aromatic N) is 3. The van der Waals surface area contributed by atoms with E-state index in [4.69, 9.17) is 20.8 Å². The standard InChI is InChI=1S/C22H21ClN4O3S2/c1-13(20(28)25-21-17(11-24)16-5-3-2-4-6-18(16)32-21)31-22-27-26-19(30-22)12-29-15-9-7-14(23)8-10-15/h7-10,13H,2-6,12H2,1H3,(H,25,28)/t13-/m1/s1.